The van der Waals surface area contributed by atoms with E-state index in [9.17, 15) is 9.59 Å². The average Bonchev–Trinajstić information content (AvgIpc) is 3.06. The number of fused-ring (bicyclic) bond motifs is 1. The van der Waals surface area contributed by atoms with Gasteiger partial charge in [0.25, 0.3) is 5.56 Å². The SMILES string of the molecule is O=C(C=Cc1ccco1)OCn1nnc2ccc(Br)cc2c1=O. The second-order valence-corrected chi connectivity index (χ2v) is 5.41. The van der Waals surface area contributed by atoms with E-state index in [1.807, 2.05) is 0 Å². The molecule has 0 radical (unpaired) electrons. The van der Waals surface area contributed by atoms with Crippen molar-refractivity contribution in [3.05, 3.63) is 63.3 Å². The Bertz CT molecular complexity index is 932. The Balaban J connectivity index is 1.73. The Kier molecular flexibility index (Phi) is 4.33. The highest BCUT2D eigenvalue weighted by Crippen LogP contribution is 2.14. The number of carbonyl (C=O) groups excluding carboxylic acids is 1. The maximum absolute atomic E-state index is 12.3. The van der Waals surface area contributed by atoms with E-state index in [1.54, 1.807) is 30.3 Å². The van der Waals surface area contributed by atoms with Crippen molar-refractivity contribution in [2.24, 2.45) is 0 Å². The number of esters is 1. The highest BCUT2D eigenvalue weighted by atomic mass is 79.9. The van der Waals surface area contributed by atoms with E-state index in [0.717, 1.165) is 9.15 Å². The third-order valence-corrected chi connectivity index (χ3v) is 3.43. The number of rotatable bonds is 4. The van der Waals surface area contributed by atoms with Gasteiger partial charge in [0.2, 0.25) is 0 Å². The molecule has 3 aromatic rings. The van der Waals surface area contributed by atoms with E-state index in [1.165, 1.54) is 18.4 Å². The van der Waals surface area contributed by atoms with Crippen LogP contribution in [0.25, 0.3) is 17.0 Å². The molecule has 7 nitrogen and oxygen atoms in total. The summed E-state index contributed by atoms with van der Waals surface area (Å²) < 4.78 is 11.7. The van der Waals surface area contributed by atoms with Crippen LogP contribution in [0.5, 0.6) is 0 Å². The van der Waals surface area contributed by atoms with Crippen LogP contribution >= 0.6 is 15.9 Å². The topological polar surface area (TPSA) is 87.2 Å². The molecule has 0 amide bonds. The molecular weight excluding hydrogens is 366 g/mol. The van der Waals surface area contributed by atoms with Crippen LogP contribution in [-0.4, -0.2) is 21.0 Å². The van der Waals surface area contributed by atoms with Gasteiger partial charge in [0.05, 0.1) is 11.6 Å². The zero-order valence-electron chi connectivity index (χ0n) is 11.7. The van der Waals surface area contributed by atoms with Crippen molar-refractivity contribution in [1.29, 1.82) is 0 Å². The van der Waals surface area contributed by atoms with Crippen LogP contribution in [0.1, 0.15) is 5.76 Å². The van der Waals surface area contributed by atoms with Gasteiger partial charge in [-0.15, -0.1) is 5.10 Å². The van der Waals surface area contributed by atoms with Crippen molar-refractivity contribution in [3.63, 3.8) is 0 Å². The minimum Gasteiger partial charge on any atom is -0.465 e. The Hall–Kier alpha value is -2.74. The first kappa shape index (κ1) is 15.2. The molecule has 0 atom stereocenters. The van der Waals surface area contributed by atoms with E-state index in [2.05, 4.69) is 26.2 Å². The van der Waals surface area contributed by atoms with Gasteiger partial charge in [-0.1, -0.05) is 21.1 Å². The van der Waals surface area contributed by atoms with Gasteiger partial charge in [-0.2, -0.15) is 4.68 Å². The van der Waals surface area contributed by atoms with Gasteiger partial charge < -0.3 is 9.15 Å². The number of nitrogens with zero attached hydrogens (tertiary/aromatic N) is 3. The summed E-state index contributed by atoms with van der Waals surface area (Å²) in [5, 5.41) is 8.04. The molecule has 0 unspecified atom stereocenters. The zero-order chi connectivity index (χ0) is 16.2. The second kappa shape index (κ2) is 6.57. The van der Waals surface area contributed by atoms with Gasteiger partial charge in [0.15, 0.2) is 6.73 Å². The number of carbonyl (C=O) groups is 1. The lowest BCUT2D eigenvalue weighted by Gasteiger charge is -2.05. The van der Waals surface area contributed by atoms with Crippen molar-refractivity contribution < 1.29 is 13.9 Å². The first-order chi connectivity index (χ1) is 11.1. The van der Waals surface area contributed by atoms with Crippen molar-refractivity contribution in [2.45, 2.75) is 6.73 Å². The number of benzene rings is 1. The zero-order valence-corrected chi connectivity index (χ0v) is 13.3. The summed E-state index contributed by atoms with van der Waals surface area (Å²) in [6, 6.07) is 8.48. The monoisotopic (exact) mass is 375 g/mol. The maximum Gasteiger partial charge on any atom is 0.332 e. The lowest BCUT2D eigenvalue weighted by molar-refractivity contribution is -0.141. The van der Waals surface area contributed by atoms with Gasteiger partial charge in [0, 0.05) is 10.5 Å². The third kappa shape index (κ3) is 3.54. The van der Waals surface area contributed by atoms with Crippen molar-refractivity contribution >= 4 is 38.9 Å². The fourth-order valence-corrected chi connectivity index (χ4v) is 2.20. The predicted molar refractivity (Wildman–Crippen MR) is 85.3 cm³/mol. The molecule has 0 aliphatic rings. The second-order valence-electron chi connectivity index (χ2n) is 4.50. The number of ether oxygens (including phenoxy) is 1. The van der Waals surface area contributed by atoms with Gasteiger partial charge in [-0.05, 0) is 36.4 Å². The molecule has 0 bridgehead atoms. The van der Waals surface area contributed by atoms with Gasteiger partial charge >= 0.3 is 5.97 Å². The van der Waals surface area contributed by atoms with E-state index >= 15 is 0 Å². The molecular formula is C15H10BrN3O4. The molecule has 1 aromatic carbocycles. The molecule has 0 N–H and O–H groups in total. The van der Waals surface area contributed by atoms with E-state index in [0.29, 0.717) is 16.7 Å². The van der Waals surface area contributed by atoms with Crippen LogP contribution in [0.3, 0.4) is 0 Å². The third-order valence-electron chi connectivity index (χ3n) is 2.94. The summed E-state index contributed by atoms with van der Waals surface area (Å²) in [6.45, 7) is -0.324. The van der Waals surface area contributed by atoms with Crippen LogP contribution in [0.4, 0.5) is 0 Å². The molecule has 3 rings (SSSR count). The van der Waals surface area contributed by atoms with Crippen LogP contribution in [0.15, 0.2) is 56.4 Å². The van der Waals surface area contributed by atoms with Crippen LogP contribution < -0.4 is 5.56 Å². The summed E-state index contributed by atoms with van der Waals surface area (Å²) in [5.41, 5.74) is 0.0811. The number of halogens is 1. The smallest absolute Gasteiger partial charge is 0.332 e. The number of furan rings is 1. The lowest BCUT2D eigenvalue weighted by Crippen LogP contribution is -2.26. The van der Waals surface area contributed by atoms with Crippen LogP contribution in [0.2, 0.25) is 0 Å². The van der Waals surface area contributed by atoms with E-state index in [4.69, 9.17) is 9.15 Å². The van der Waals surface area contributed by atoms with Crippen molar-refractivity contribution in [2.75, 3.05) is 0 Å². The molecule has 2 aromatic heterocycles. The average molecular weight is 376 g/mol. The van der Waals surface area contributed by atoms with Crippen LogP contribution in [0, 0.1) is 0 Å². The van der Waals surface area contributed by atoms with Gasteiger partial charge in [-0.25, -0.2) is 4.79 Å². The summed E-state index contributed by atoms with van der Waals surface area (Å²) in [5.74, 6) is -0.0982. The summed E-state index contributed by atoms with van der Waals surface area (Å²) >= 11 is 3.29. The minimum atomic E-state index is -0.621. The fourth-order valence-electron chi connectivity index (χ4n) is 1.84. The molecule has 116 valence electrons. The molecule has 0 aliphatic carbocycles. The molecule has 0 spiro atoms. The molecule has 23 heavy (non-hydrogen) atoms. The Morgan fingerprint density at radius 3 is 3.04 bits per heavy atom. The fraction of sp³-hybridized carbons (Fsp3) is 0.0667. The van der Waals surface area contributed by atoms with E-state index in [-0.39, 0.29) is 12.3 Å². The van der Waals surface area contributed by atoms with E-state index < -0.39 is 5.97 Å². The quantitative estimate of drug-likeness (QED) is 0.513. The summed E-state index contributed by atoms with van der Waals surface area (Å²) in [7, 11) is 0. The Morgan fingerprint density at radius 2 is 2.26 bits per heavy atom. The minimum absolute atomic E-state index is 0.324. The largest absolute Gasteiger partial charge is 0.465 e. The molecule has 2 heterocycles. The highest BCUT2D eigenvalue weighted by molar-refractivity contribution is 9.10. The molecule has 8 heteroatoms. The highest BCUT2D eigenvalue weighted by Gasteiger charge is 2.07. The Labute approximate surface area is 138 Å². The first-order valence-electron chi connectivity index (χ1n) is 6.55. The number of aromatic nitrogens is 3. The number of hydrogen-bond acceptors (Lipinski definition) is 6. The van der Waals surface area contributed by atoms with Crippen LogP contribution in [-0.2, 0) is 16.3 Å². The normalized spacial score (nSPS) is 11.2. The molecule has 0 saturated heterocycles. The summed E-state index contributed by atoms with van der Waals surface area (Å²) in [6.07, 6.45) is 4.16. The lowest BCUT2D eigenvalue weighted by atomic mass is 10.2. The van der Waals surface area contributed by atoms with Gasteiger partial charge in [0.1, 0.15) is 11.3 Å². The van der Waals surface area contributed by atoms with Gasteiger partial charge in [-0.3, -0.25) is 4.79 Å². The van der Waals surface area contributed by atoms with Crippen molar-refractivity contribution in [3.8, 4) is 0 Å². The molecule has 0 saturated carbocycles. The first-order valence-corrected chi connectivity index (χ1v) is 7.34. The predicted octanol–water partition coefficient (Wildman–Crippen LogP) is 2.36. The number of hydrogen-bond donors (Lipinski definition) is 0. The summed E-state index contributed by atoms with van der Waals surface area (Å²) in [4.78, 5) is 23.9. The maximum atomic E-state index is 12.3. The standard InChI is InChI=1S/C15H10BrN3O4/c16-10-3-5-13-12(8-10)15(21)19(18-17-13)9-23-14(20)6-4-11-2-1-7-22-11/h1-8H,9H2. The molecule has 0 fully saturated rings. The molecule has 0 aliphatic heterocycles. The Morgan fingerprint density at radius 1 is 1.39 bits per heavy atom. The van der Waals surface area contributed by atoms with Crippen molar-refractivity contribution in [1.82, 2.24) is 15.0 Å².